The number of rotatable bonds is 3. The lowest BCUT2D eigenvalue weighted by Crippen LogP contribution is -2.29. The van der Waals surface area contributed by atoms with Gasteiger partial charge in [0.1, 0.15) is 5.75 Å². The van der Waals surface area contributed by atoms with E-state index in [2.05, 4.69) is 0 Å². The third-order valence-electron chi connectivity index (χ3n) is 1.56. The van der Waals surface area contributed by atoms with Crippen molar-refractivity contribution >= 4 is 0 Å². The maximum Gasteiger partial charge on any atom is 0.197 e. The second kappa shape index (κ2) is 4.47. The van der Waals surface area contributed by atoms with Crippen molar-refractivity contribution in [1.29, 1.82) is 0 Å². The standard InChI is InChI=1S/C12H18O2/c1-10(14-12(2,3)4)13-11-8-6-5-7-9-11/h5-10H,1-4H3. The zero-order chi connectivity index (χ0) is 10.6. The van der Waals surface area contributed by atoms with E-state index in [9.17, 15) is 0 Å². The molecule has 0 amide bonds. The van der Waals surface area contributed by atoms with E-state index in [0.717, 1.165) is 5.75 Å². The monoisotopic (exact) mass is 194 g/mol. The van der Waals surface area contributed by atoms with E-state index in [0.29, 0.717) is 0 Å². The molecular weight excluding hydrogens is 176 g/mol. The zero-order valence-corrected chi connectivity index (χ0v) is 9.28. The molecule has 1 atom stereocenters. The SMILES string of the molecule is CC(Oc1ccccc1)OC(C)(C)C. The molecule has 0 N–H and O–H groups in total. The van der Waals surface area contributed by atoms with Gasteiger partial charge in [0.15, 0.2) is 6.29 Å². The Balaban J connectivity index is 2.46. The number of hydrogen-bond donors (Lipinski definition) is 0. The third-order valence-corrected chi connectivity index (χ3v) is 1.56. The van der Waals surface area contributed by atoms with E-state index in [4.69, 9.17) is 9.47 Å². The molecular formula is C12H18O2. The van der Waals surface area contributed by atoms with E-state index < -0.39 is 0 Å². The Morgan fingerprint density at radius 3 is 2.14 bits per heavy atom. The molecule has 2 nitrogen and oxygen atoms in total. The van der Waals surface area contributed by atoms with E-state index in [1.54, 1.807) is 0 Å². The molecule has 14 heavy (non-hydrogen) atoms. The predicted molar refractivity (Wildman–Crippen MR) is 57.4 cm³/mol. The zero-order valence-electron chi connectivity index (χ0n) is 9.28. The Labute approximate surface area is 85.8 Å². The average Bonchev–Trinajstić information content (AvgIpc) is 2.02. The van der Waals surface area contributed by atoms with Crippen molar-refractivity contribution in [3.05, 3.63) is 30.3 Å². The largest absolute Gasteiger partial charge is 0.465 e. The van der Waals surface area contributed by atoms with E-state index in [1.165, 1.54) is 0 Å². The van der Waals surface area contributed by atoms with Crippen LogP contribution in [0.5, 0.6) is 5.75 Å². The summed E-state index contributed by atoms with van der Waals surface area (Å²) in [6, 6.07) is 9.69. The van der Waals surface area contributed by atoms with E-state index in [1.807, 2.05) is 58.0 Å². The fraction of sp³-hybridized carbons (Fsp3) is 0.500. The summed E-state index contributed by atoms with van der Waals surface area (Å²) in [5, 5.41) is 0. The molecule has 1 aromatic carbocycles. The molecule has 0 saturated heterocycles. The molecule has 0 aromatic heterocycles. The van der Waals surface area contributed by atoms with Crippen LogP contribution in [0, 0.1) is 0 Å². The Kier molecular flexibility index (Phi) is 3.53. The number of benzene rings is 1. The highest BCUT2D eigenvalue weighted by Crippen LogP contribution is 2.15. The van der Waals surface area contributed by atoms with Gasteiger partial charge >= 0.3 is 0 Å². The summed E-state index contributed by atoms with van der Waals surface area (Å²) < 4.78 is 11.2. The van der Waals surface area contributed by atoms with Crippen LogP contribution in [0.15, 0.2) is 30.3 Å². The lowest BCUT2D eigenvalue weighted by molar-refractivity contribution is -0.140. The second-order valence-corrected chi connectivity index (χ2v) is 4.23. The average molecular weight is 194 g/mol. The first-order chi connectivity index (χ1) is 6.47. The highest BCUT2D eigenvalue weighted by atomic mass is 16.7. The smallest absolute Gasteiger partial charge is 0.197 e. The Bertz CT molecular complexity index is 261. The summed E-state index contributed by atoms with van der Waals surface area (Å²) in [5.74, 6) is 0.837. The van der Waals surface area contributed by atoms with Gasteiger partial charge in [-0.3, -0.25) is 0 Å². The van der Waals surface area contributed by atoms with Crippen LogP contribution < -0.4 is 4.74 Å². The molecule has 78 valence electrons. The van der Waals surface area contributed by atoms with Crippen LogP contribution in [0.1, 0.15) is 27.7 Å². The van der Waals surface area contributed by atoms with Crippen LogP contribution >= 0.6 is 0 Å². The normalized spacial score (nSPS) is 13.7. The summed E-state index contributed by atoms with van der Waals surface area (Å²) in [7, 11) is 0. The molecule has 0 radical (unpaired) electrons. The molecule has 2 heteroatoms. The Morgan fingerprint density at radius 2 is 1.64 bits per heavy atom. The lowest BCUT2D eigenvalue weighted by atomic mass is 10.2. The minimum atomic E-state index is -0.225. The summed E-state index contributed by atoms with van der Waals surface area (Å²) in [6.45, 7) is 7.94. The van der Waals surface area contributed by atoms with Crippen molar-refractivity contribution in [1.82, 2.24) is 0 Å². The fourth-order valence-electron chi connectivity index (χ4n) is 1.21. The van der Waals surface area contributed by atoms with E-state index >= 15 is 0 Å². The van der Waals surface area contributed by atoms with Gasteiger partial charge in [-0.2, -0.15) is 0 Å². The van der Waals surface area contributed by atoms with Crippen LogP contribution in [-0.2, 0) is 4.74 Å². The molecule has 1 unspecified atom stereocenters. The minimum Gasteiger partial charge on any atom is -0.465 e. The van der Waals surface area contributed by atoms with Crippen molar-refractivity contribution in [3.8, 4) is 5.75 Å². The van der Waals surface area contributed by atoms with Crippen LogP contribution in [0.2, 0.25) is 0 Å². The predicted octanol–water partition coefficient (Wildman–Crippen LogP) is 3.23. The van der Waals surface area contributed by atoms with Crippen molar-refractivity contribution in [2.75, 3.05) is 0 Å². The van der Waals surface area contributed by atoms with Crippen molar-refractivity contribution < 1.29 is 9.47 Å². The van der Waals surface area contributed by atoms with Gasteiger partial charge in [-0.1, -0.05) is 18.2 Å². The lowest BCUT2D eigenvalue weighted by Gasteiger charge is -2.25. The Morgan fingerprint density at radius 1 is 1.07 bits per heavy atom. The number of ether oxygens (including phenoxy) is 2. The van der Waals surface area contributed by atoms with Gasteiger partial charge in [0.2, 0.25) is 0 Å². The Hall–Kier alpha value is -1.02. The van der Waals surface area contributed by atoms with Crippen molar-refractivity contribution in [2.45, 2.75) is 39.6 Å². The van der Waals surface area contributed by atoms with Gasteiger partial charge in [-0.05, 0) is 39.8 Å². The summed E-state index contributed by atoms with van der Waals surface area (Å²) in [4.78, 5) is 0. The molecule has 0 aliphatic carbocycles. The van der Waals surface area contributed by atoms with Gasteiger partial charge in [0, 0.05) is 0 Å². The van der Waals surface area contributed by atoms with Crippen LogP contribution in [-0.4, -0.2) is 11.9 Å². The van der Waals surface area contributed by atoms with Gasteiger partial charge in [0.25, 0.3) is 0 Å². The molecule has 1 rings (SSSR count). The first kappa shape index (κ1) is 11.1. The summed E-state index contributed by atoms with van der Waals surface area (Å²) in [6.07, 6.45) is -0.225. The quantitative estimate of drug-likeness (QED) is 0.688. The molecule has 1 aromatic rings. The second-order valence-electron chi connectivity index (χ2n) is 4.23. The van der Waals surface area contributed by atoms with Crippen LogP contribution in [0.3, 0.4) is 0 Å². The maximum atomic E-state index is 5.62. The van der Waals surface area contributed by atoms with Gasteiger partial charge < -0.3 is 9.47 Å². The maximum absolute atomic E-state index is 5.62. The highest BCUT2D eigenvalue weighted by Gasteiger charge is 2.15. The molecule has 0 aliphatic rings. The summed E-state index contributed by atoms with van der Waals surface area (Å²) >= 11 is 0. The topological polar surface area (TPSA) is 18.5 Å². The molecule has 0 aliphatic heterocycles. The first-order valence-corrected chi connectivity index (χ1v) is 4.87. The van der Waals surface area contributed by atoms with E-state index in [-0.39, 0.29) is 11.9 Å². The van der Waals surface area contributed by atoms with Crippen molar-refractivity contribution in [3.63, 3.8) is 0 Å². The minimum absolute atomic E-state index is 0.172. The molecule has 0 fully saturated rings. The molecule has 0 heterocycles. The fourth-order valence-corrected chi connectivity index (χ4v) is 1.21. The van der Waals surface area contributed by atoms with Gasteiger partial charge in [-0.15, -0.1) is 0 Å². The van der Waals surface area contributed by atoms with Crippen LogP contribution in [0.4, 0.5) is 0 Å². The molecule has 0 bridgehead atoms. The number of para-hydroxylation sites is 1. The highest BCUT2D eigenvalue weighted by molar-refractivity contribution is 5.20. The van der Waals surface area contributed by atoms with Crippen molar-refractivity contribution in [2.24, 2.45) is 0 Å². The first-order valence-electron chi connectivity index (χ1n) is 4.87. The van der Waals surface area contributed by atoms with Crippen LogP contribution in [0.25, 0.3) is 0 Å². The third kappa shape index (κ3) is 4.28. The summed E-state index contributed by atoms with van der Waals surface area (Å²) in [5.41, 5.74) is -0.172. The molecule has 0 spiro atoms. The van der Waals surface area contributed by atoms with Gasteiger partial charge in [-0.25, -0.2) is 0 Å². The van der Waals surface area contributed by atoms with Gasteiger partial charge in [0.05, 0.1) is 5.60 Å². The number of hydrogen-bond acceptors (Lipinski definition) is 2. The molecule has 0 saturated carbocycles.